The maximum atomic E-state index is 11.4. The molecule has 4 heteroatoms. The van der Waals surface area contributed by atoms with Crippen LogP contribution in [0.2, 0.25) is 0 Å². The Morgan fingerprint density at radius 2 is 2.20 bits per heavy atom. The molecule has 2 atom stereocenters. The molecule has 0 amide bonds. The number of hydrogen-bond acceptors (Lipinski definition) is 3. The van der Waals surface area contributed by atoms with E-state index in [1.165, 1.54) is 0 Å². The number of aromatic nitrogens is 1. The number of benzene rings is 1. The van der Waals surface area contributed by atoms with Gasteiger partial charge in [0.25, 0.3) is 0 Å². The van der Waals surface area contributed by atoms with Gasteiger partial charge in [-0.3, -0.25) is 14.7 Å². The molecule has 1 aliphatic rings. The van der Waals surface area contributed by atoms with Crippen molar-refractivity contribution in [1.82, 2.24) is 9.88 Å². The third-order valence-corrected chi connectivity index (χ3v) is 4.17. The summed E-state index contributed by atoms with van der Waals surface area (Å²) in [6.07, 6.45) is 2.74. The third-order valence-electron chi connectivity index (χ3n) is 4.17. The predicted octanol–water partition coefficient (Wildman–Crippen LogP) is 2.53. The summed E-state index contributed by atoms with van der Waals surface area (Å²) in [7, 11) is 0. The van der Waals surface area contributed by atoms with E-state index in [0.29, 0.717) is 6.54 Å². The van der Waals surface area contributed by atoms with E-state index in [1.54, 1.807) is 6.20 Å². The van der Waals surface area contributed by atoms with Crippen LogP contribution in [-0.4, -0.2) is 33.5 Å². The van der Waals surface area contributed by atoms with Gasteiger partial charge in [-0.2, -0.15) is 0 Å². The van der Waals surface area contributed by atoms with Crippen molar-refractivity contribution in [2.24, 2.45) is 5.92 Å². The smallest absolute Gasteiger partial charge is 0.321 e. The minimum atomic E-state index is -0.714. The second-order valence-electron chi connectivity index (χ2n) is 5.51. The van der Waals surface area contributed by atoms with E-state index in [1.807, 2.05) is 37.3 Å². The minimum Gasteiger partial charge on any atom is -0.480 e. The van der Waals surface area contributed by atoms with Gasteiger partial charge >= 0.3 is 5.97 Å². The monoisotopic (exact) mass is 270 g/mol. The molecule has 1 aromatic carbocycles. The second-order valence-corrected chi connectivity index (χ2v) is 5.51. The van der Waals surface area contributed by atoms with Crippen molar-refractivity contribution >= 4 is 16.9 Å². The quantitative estimate of drug-likeness (QED) is 0.931. The summed E-state index contributed by atoms with van der Waals surface area (Å²) < 4.78 is 0. The number of likely N-dealkylation sites (tertiary alicyclic amines) is 1. The van der Waals surface area contributed by atoms with Gasteiger partial charge in [-0.05, 0) is 36.6 Å². The molecule has 2 aromatic rings. The molecule has 4 nitrogen and oxygen atoms in total. The first-order valence-electron chi connectivity index (χ1n) is 6.96. The van der Waals surface area contributed by atoms with Crippen LogP contribution < -0.4 is 0 Å². The summed E-state index contributed by atoms with van der Waals surface area (Å²) >= 11 is 0. The standard InChI is InChI=1S/C16H18N2O2/c1-11-7-9-18(15(11)16(19)20)10-12-6-8-17-14-5-3-2-4-13(12)14/h2-6,8,11,15H,7,9-10H2,1H3,(H,19,20). The zero-order valence-corrected chi connectivity index (χ0v) is 11.5. The zero-order chi connectivity index (χ0) is 14.1. The molecule has 0 radical (unpaired) electrons. The molecule has 0 bridgehead atoms. The van der Waals surface area contributed by atoms with Crippen molar-refractivity contribution in [3.8, 4) is 0 Å². The average molecular weight is 270 g/mol. The van der Waals surface area contributed by atoms with Crippen molar-refractivity contribution in [2.75, 3.05) is 6.54 Å². The Bertz CT molecular complexity index is 636. The van der Waals surface area contributed by atoms with E-state index in [4.69, 9.17) is 0 Å². The van der Waals surface area contributed by atoms with Gasteiger partial charge in [0.15, 0.2) is 0 Å². The Morgan fingerprint density at radius 1 is 1.40 bits per heavy atom. The second kappa shape index (κ2) is 5.21. The molecule has 104 valence electrons. The molecular formula is C16H18N2O2. The molecule has 0 spiro atoms. The summed E-state index contributed by atoms with van der Waals surface area (Å²) in [5, 5.41) is 10.5. The number of carbonyl (C=O) groups is 1. The van der Waals surface area contributed by atoms with E-state index in [9.17, 15) is 9.90 Å². The zero-order valence-electron chi connectivity index (χ0n) is 11.5. The molecule has 1 aliphatic heterocycles. The van der Waals surface area contributed by atoms with Crippen LogP contribution in [0.1, 0.15) is 18.9 Å². The molecule has 1 saturated heterocycles. The number of nitrogens with zero attached hydrogens (tertiary/aromatic N) is 2. The summed E-state index contributed by atoms with van der Waals surface area (Å²) in [4.78, 5) is 17.8. The van der Waals surface area contributed by atoms with Crippen LogP contribution in [0.5, 0.6) is 0 Å². The van der Waals surface area contributed by atoms with Crippen LogP contribution in [-0.2, 0) is 11.3 Å². The van der Waals surface area contributed by atoms with Crippen LogP contribution in [0.4, 0.5) is 0 Å². The maximum absolute atomic E-state index is 11.4. The number of hydrogen-bond donors (Lipinski definition) is 1. The van der Waals surface area contributed by atoms with Gasteiger partial charge in [0.1, 0.15) is 6.04 Å². The van der Waals surface area contributed by atoms with Crippen molar-refractivity contribution in [2.45, 2.75) is 25.9 Å². The minimum absolute atomic E-state index is 0.209. The molecule has 1 aromatic heterocycles. The molecule has 1 fully saturated rings. The van der Waals surface area contributed by atoms with Gasteiger partial charge in [0, 0.05) is 18.1 Å². The summed E-state index contributed by atoms with van der Waals surface area (Å²) in [6, 6.07) is 9.62. The summed E-state index contributed by atoms with van der Waals surface area (Å²) in [5.74, 6) is -0.506. The lowest BCUT2D eigenvalue weighted by molar-refractivity contribution is -0.143. The number of aliphatic carboxylic acids is 1. The lowest BCUT2D eigenvalue weighted by atomic mass is 10.0. The van der Waals surface area contributed by atoms with E-state index in [2.05, 4.69) is 9.88 Å². The summed E-state index contributed by atoms with van der Waals surface area (Å²) in [6.45, 7) is 3.53. The number of rotatable bonds is 3. The number of fused-ring (bicyclic) bond motifs is 1. The number of pyridine rings is 1. The molecule has 20 heavy (non-hydrogen) atoms. The normalized spacial score (nSPS) is 23.2. The van der Waals surface area contributed by atoms with Gasteiger partial charge in [-0.15, -0.1) is 0 Å². The highest BCUT2D eigenvalue weighted by Gasteiger charge is 2.36. The fraction of sp³-hybridized carbons (Fsp3) is 0.375. The van der Waals surface area contributed by atoms with E-state index in [0.717, 1.165) is 29.4 Å². The highest BCUT2D eigenvalue weighted by atomic mass is 16.4. The van der Waals surface area contributed by atoms with Crippen LogP contribution in [0, 0.1) is 5.92 Å². The van der Waals surface area contributed by atoms with E-state index >= 15 is 0 Å². The lowest BCUT2D eigenvalue weighted by Gasteiger charge is -2.23. The van der Waals surface area contributed by atoms with Gasteiger partial charge < -0.3 is 5.11 Å². The molecule has 2 heterocycles. The summed E-state index contributed by atoms with van der Waals surface area (Å²) in [5.41, 5.74) is 2.11. The Kier molecular flexibility index (Phi) is 3.40. The van der Waals surface area contributed by atoms with Gasteiger partial charge in [0.05, 0.1) is 5.52 Å². The predicted molar refractivity (Wildman–Crippen MR) is 77.4 cm³/mol. The van der Waals surface area contributed by atoms with Crippen LogP contribution in [0.3, 0.4) is 0 Å². The molecule has 1 N–H and O–H groups in total. The molecule has 0 aliphatic carbocycles. The Balaban J connectivity index is 1.92. The fourth-order valence-corrected chi connectivity index (χ4v) is 3.12. The largest absolute Gasteiger partial charge is 0.480 e. The number of para-hydroxylation sites is 1. The Hall–Kier alpha value is -1.94. The average Bonchev–Trinajstić information content (AvgIpc) is 2.80. The van der Waals surface area contributed by atoms with Gasteiger partial charge in [0.2, 0.25) is 0 Å². The van der Waals surface area contributed by atoms with Crippen molar-refractivity contribution in [3.63, 3.8) is 0 Å². The van der Waals surface area contributed by atoms with Crippen molar-refractivity contribution in [1.29, 1.82) is 0 Å². The Labute approximate surface area is 118 Å². The topological polar surface area (TPSA) is 53.4 Å². The number of carboxylic acid groups (broad SMARTS) is 1. The molecule has 2 unspecified atom stereocenters. The van der Waals surface area contributed by atoms with Crippen LogP contribution in [0.25, 0.3) is 10.9 Å². The molecule has 0 saturated carbocycles. The van der Waals surface area contributed by atoms with E-state index in [-0.39, 0.29) is 12.0 Å². The van der Waals surface area contributed by atoms with Crippen LogP contribution >= 0.6 is 0 Å². The van der Waals surface area contributed by atoms with E-state index < -0.39 is 5.97 Å². The Morgan fingerprint density at radius 3 is 3.00 bits per heavy atom. The first-order chi connectivity index (χ1) is 9.66. The van der Waals surface area contributed by atoms with Crippen molar-refractivity contribution in [3.05, 3.63) is 42.1 Å². The molecular weight excluding hydrogens is 252 g/mol. The van der Waals surface area contributed by atoms with Gasteiger partial charge in [-0.1, -0.05) is 25.1 Å². The SMILES string of the molecule is CC1CCN(Cc2ccnc3ccccc23)C1C(=O)O. The van der Waals surface area contributed by atoms with Crippen LogP contribution in [0.15, 0.2) is 36.5 Å². The first kappa shape index (κ1) is 13.1. The lowest BCUT2D eigenvalue weighted by Crippen LogP contribution is -2.38. The first-order valence-corrected chi connectivity index (χ1v) is 6.96. The highest BCUT2D eigenvalue weighted by molar-refractivity contribution is 5.82. The molecule has 3 rings (SSSR count). The number of carboxylic acids is 1. The highest BCUT2D eigenvalue weighted by Crippen LogP contribution is 2.27. The fourth-order valence-electron chi connectivity index (χ4n) is 3.12. The van der Waals surface area contributed by atoms with Gasteiger partial charge in [-0.25, -0.2) is 0 Å². The maximum Gasteiger partial charge on any atom is 0.321 e. The third kappa shape index (κ3) is 2.27. The van der Waals surface area contributed by atoms with Crippen molar-refractivity contribution < 1.29 is 9.90 Å².